The van der Waals surface area contributed by atoms with E-state index in [1.165, 1.54) is 17.7 Å². The van der Waals surface area contributed by atoms with Gasteiger partial charge in [0.25, 0.3) is 5.91 Å². The number of rotatable bonds is 5. The molecular formula is C16H21N3OS. The topological polar surface area (TPSA) is 46.9 Å². The first kappa shape index (κ1) is 14.3. The van der Waals surface area contributed by atoms with Gasteiger partial charge < -0.3 is 5.32 Å². The first-order valence-corrected chi connectivity index (χ1v) is 8.32. The highest BCUT2D eigenvalue weighted by atomic mass is 32.1. The number of carbonyl (C=O) groups is 1. The number of aromatic nitrogens is 2. The molecule has 0 bridgehead atoms. The minimum atomic E-state index is -0.0380. The standard InChI is InChI=1S/C16H21N3OS/c1-10(2)15(14-5-4-8-21-14)17-16(20)13-9-12(11-6-7-11)18-19(13)3/h4-5,8-11,15H,6-7H2,1-3H3,(H,17,20). The van der Waals surface area contributed by atoms with Crippen LogP contribution in [-0.2, 0) is 7.05 Å². The van der Waals surface area contributed by atoms with Crippen LogP contribution in [-0.4, -0.2) is 15.7 Å². The van der Waals surface area contributed by atoms with Gasteiger partial charge in [-0.15, -0.1) is 11.3 Å². The molecule has 1 fully saturated rings. The van der Waals surface area contributed by atoms with Crippen molar-refractivity contribution in [2.75, 3.05) is 0 Å². The van der Waals surface area contributed by atoms with Crippen molar-refractivity contribution in [2.45, 2.75) is 38.6 Å². The minimum absolute atomic E-state index is 0.0380. The van der Waals surface area contributed by atoms with Crippen LogP contribution >= 0.6 is 11.3 Å². The molecule has 0 radical (unpaired) electrons. The maximum Gasteiger partial charge on any atom is 0.270 e. The summed E-state index contributed by atoms with van der Waals surface area (Å²) in [6, 6.07) is 6.10. The van der Waals surface area contributed by atoms with Crippen LogP contribution in [0.1, 0.15) is 59.7 Å². The monoisotopic (exact) mass is 303 g/mol. The van der Waals surface area contributed by atoms with Crippen LogP contribution in [0, 0.1) is 5.92 Å². The molecule has 1 atom stereocenters. The van der Waals surface area contributed by atoms with E-state index in [1.54, 1.807) is 16.0 Å². The van der Waals surface area contributed by atoms with E-state index >= 15 is 0 Å². The van der Waals surface area contributed by atoms with E-state index in [0.717, 1.165) is 5.69 Å². The van der Waals surface area contributed by atoms with Gasteiger partial charge in [0.15, 0.2) is 0 Å². The van der Waals surface area contributed by atoms with Gasteiger partial charge in [-0.1, -0.05) is 19.9 Å². The van der Waals surface area contributed by atoms with Crippen molar-refractivity contribution in [3.05, 3.63) is 39.8 Å². The Bertz CT molecular complexity index is 626. The third kappa shape index (κ3) is 3.02. The van der Waals surface area contributed by atoms with Crippen LogP contribution in [0.4, 0.5) is 0 Å². The molecule has 1 unspecified atom stereocenters. The molecule has 0 saturated heterocycles. The van der Waals surface area contributed by atoms with E-state index in [2.05, 4.69) is 30.3 Å². The summed E-state index contributed by atoms with van der Waals surface area (Å²) in [5.74, 6) is 0.878. The third-order valence-electron chi connectivity index (χ3n) is 3.93. The Morgan fingerprint density at radius 3 is 2.81 bits per heavy atom. The first-order valence-electron chi connectivity index (χ1n) is 7.44. The van der Waals surface area contributed by atoms with Crippen molar-refractivity contribution in [3.63, 3.8) is 0 Å². The lowest BCUT2D eigenvalue weighted by Crippen LogP contribution is -2.32. The normalized spacial score (nSPS) is 16.2. The van der Waals surface area contributed by atoms with Crippen molar-refractivity contribution >= 4 is 17.2 Å². The summed E-state index contributed by atoms with van der Waals surface area (Å²) in [5.41, 5.74) is 1.71. The largest absolute Gasteiger partial charge is 0.343 e. The Morgan fingerprint density at radius 2 is 2.24 bits per heavy atom. The second kappa shape index (κ2) is 5.64. The fraction of sp³-hybridized carbons (Fsp3) is 0.500. The lowest BCUT2D eigenvalue weighted by Gasteiger charge is -2.21. The molecule has 1 amide bonds. The number of amides is 1. The average molecular weight is 303 g/mol. The molecule has 112 valence electrons. The summed E-state index contributed by atoms with van der Waals surface area (Å²) in [5, 5.41) is 9.67. The maximum absolute atomic E-state index is 12.6. The smallest absolute Gasteiger partial charge is 0.270 e. The van der Waals surface area contributed by atoms with Gasteiger partial charge in [0.05, 0.1) is 11.7 Å². The quantitative estimate of drug-likeness (QED) is 0.919. The van der Waals surface area contributed by atoms with Crippen LogP contribution in [0.3, 0.4) is 0 Å². The first-order chi connectivity index (χ1) is 10.1. The van der Waals surface area contributed by atoms with Gasteiger partial charge in [0.1, 0.15) is 5.69 Å². The Labute approximate surface area is 129 Å². The molecule has 2 aromatic rings. The molecule has 3 rings (SSSR count). The zero-order valence-electron chi connectivity index (χ0n) is 12.7. The van der Waals surface area contributed by atoms with Gasteiger partial charge in [-0.25, -0.2) is 0 Å². The number of thiophene rings is 1. The fourth-order valence-corrected chi connectivity index (χ4v) is 3.48. The zero-order chi connectivity index (χ0) is 15.0. The van der Waals surface area contributed by atoms with E-state index < -0.39 is 0 Å². The minimum Gasteiger partial charge on any atom is -0.343 e. The van der Waals surface area contributed by atoms with Gasteiger partial charge in [0.2, 0.25) is 0 Å². The van der Waals surface area contributed by atoms with Crippen LogP contribution < -0.4 is 5.32 Å². The summed E-state index contributed by atoms with van der Waals surface area (Å²) in [7, 11) is 1.84. The second-order valence-electron chi connectivity index (χ2n) is 6.06. The zero-order valence-corrected chi connectivity index (χ0v) is 13.5. The number of hydrogen-bond acceptors (Lipinski definition) is 3. The van der Waals surface area contributed by atoms with Crippen LogP contribution in [0.15, 0.2) is 23.6 Å². The van der Waals surface area contributed by atoms with E-state index in [9.17, 15) is 4.79 Å². The third-order valence-corrected chi connectivity index (χ3v) is 4.89. The summed E-state index contributed by atoms with van der Waals surface area (Å²) in [6.45, 7) is 4.26. The molecule has 1 aliphatic rings. The average Bonchev–Trinajstić information content (AvgIpc) is 3.00. The maximum atomic E-state index is 12.6. The number of carbonyl (C=O) groups excluding carboxylic acids is 1. The van der Waals surface area contributed by atoms with Gasteiger partial charge in [-0.2, -0.15) is 5.10 Å². The second-order valence-corrected chi connectivity index (χ2v) is 7.04. The van der Waals surface area contributed by atoms with Crippen LogP contribution in [0.25, 0.3) is 0 Å². The van der Waals surface area contributed by atoms with Gasteiger partial charge in [-0.05, 0) is 36.3 Å². The van der Waals surface area contributed by atoms with E-state index in [0.29, 0.717) is 17.5 Å². The molecule has 0 aliphatic heterocycles. The molecule has 0 spiro atoms. The molecule has 2 aromatic heterocycles. The van der Waals surface area contributed by atoms with Gasteiger partial charge in [0, 0.05) is 17.8 Å². The Hall–Kier alpha value is -1.62. The van der Waals surface area contributed by atoms with Crippen molar-refractivity contribution < 1.29 is 4.79 Å². The summed E-state index contributed by atoms with van der Waals surface area (Å²) in [4.78, 5) is 13.8. The highest BCUT2D eigenvalue weighted by Crippen LogP contribution is 2.39. The van der Waals surface area contributed by atoms with Gasteiger partial charge in [-0.3, -0.25) is 9.48 Å². The lowest BCUT2D eigenvalue weighted by molar-refractivity contribution is 0.0917. The van der Waals surface area contributed by atoms with Crippen molar-refractivity contribution in [1.29, 1.82) is 0 Å². The van der Waals surface area contributed by atoms with E-state index in [1.807, 2.05) is 24.6 Å². The SMILES string of the molecule is CC(C)C(NC(=O)c1cc(C2CC2)nn1C)c1cccs1. The van der Waals surface area contributed by atoms with Crippen molar-refractivity contribution in [2.24, 2.45) is 13.0 Å². The summed E-state index contributed by atoms with van der Waals surface area (Å²) < 4.78 is 1.70. The number of aryl methyl sites for hydroxylation is 1. The molecular weight excluding hydrogens is 282 g/mol. The Morgan fingerprint density at radius 1 is 1.48 bits per heavy atom. The summed E-state index contributed by atoms with van der Waals surface area (Å²) in [6.07, 6.45) is 2.39. The number of nitrogens with zero attached hydrogens (tertiary/aromatic N) is 2. The predicted octanol–water partition coefficient (Wildman–Crippen LogP) is 3.49. The number of hydrogen-bond donors (Lipinski definition) is 1. The van der Waals surface area contributed by atoms with Gasteiger partial charge >= 0.3 is 0 Å². The Kier molecular flexibility index (Phi) is 3.85. The van der Waals surface area contributed by atoms with Crippen molar-refractivity contribution in [1.82, 2.24) is 15.1 Å². The van der Waals surface area contributed by atoms with Crippen LogP contribution in [0.2, 0.25) is 0 Å². The fourth-order valence-electron chi connectivity index (χ4n) is 2.53. The molecule has 1 aliphatic carbocycles. The molecule has 2 heterocycles. The Balaban J connectivity index is 1.78. The van der Waals surface area contributed by atoms with Crippen molar-refractivity contribution in [3.8, 4) is 0 Å². The molecule has 5 heteroatoms. The predicted molar refractivity (Wildman–Crippen MR) is 84.5 cm³/mol. The molecule has 4 nitrogen and oxygen atoms in total. The molecule has 21 heavy (non-hydrogen) atoms. The van der Waals surface area contributed by atoms with E-state index in [4.69, 9.17) is 0 Å². The number of nitrogens with one attached hydrogen (secondary N) is 1. The highest BCUT2D eigenvalue weighted by Gasteiger charge is 2.29. The lowest BCUT2D eigenvalue weighted by atomic mass is 10.0. The highest BCUT2D eigenvalue weighted by molar-refractivity contribution is 7.10. The van der Waals surface area contributed by atoms with Crippen LogP contribution in [0.5, 0.6) is 0 Å². The molecule has 1 saturated carbocycles. The summed E-state index contributed by atoms with van der Waals surface area (Å²) >= 11 is 1.68. The van der Waals surface area contributed by atoms with E-state index in [-0.39, 0.29) is 11.9 Å². The molecule has 0 aromatic carbocycles. The molecule has 1 N–H and O–H groups in total.